The quantitative estimate of drug-likeness (QED) is 0.605. The Kier molecular flexibility index (Phi) is 6.88. The van der Waals surface area contributed by atoms with Crippen molar-refractivity contribution >= 4 is 5.96 Å². The van der Waals surface area contributed by atoms with E-state index in [9.17, 15) is 0 Å². The SMILES string of the molecule is CN=C(NCCc1cc(C)cc(C)c1)NCC1CCOC1c1ccccc1. The second kappa shape index (κ2) is 9.56. The largest absolute Gasteiger partial charge is 0.373 e. The van der Waals surface area contributed by atoms with Crippen molar-refractivity contribution in [1.82, 2.24) is 10.6 Å². The fourth-order valence-corrected chi connectivity index (χ4v) is 3.84. The lowest BCUT2D eigenvalue weighted by atomic mass is 9.95. The minimum atomic E-state index is 0.173. The summed E-state index contributed by atoms with van der Waals surface area (Å²) in [5.41, 5.74) is 5.27. The van der Waals surface area contributed by atoms with Gasteiger partial charge in [-0.15, -0.1) is 0 Å². The van der Waals surface area contributed by atoms with Crippen LogP contribution < -0.4 is 10.6 Å². The third-order valence-corrected chi connectivity index (χ3v) is 5.09. The summed E-state index contributed by atoms with van der Waals surface area (Å²) >= 11 is 0. The van der Waals surface area contributed by atoms with Crippen molar-refractivity contribution in [3.05, 3.63) is 70.8 Å². The van der Waals surface area contributed by atoms with Gasteiger partial charge in [-0.25, -0.2) is 0 Å². The summed E-state index contributed by atoms with van der Waals surface area (Å²) in [7, 11) is 1.83. The number of hydrogen-bond acceptors (Lipinski definition) is 2. The van der Waals surface area contributed by atoms with Crippen LogP contribution in [0.4, 0.5) is 0 Å². The molecule has 1 aliphatic rings. The van der Waals surface area contributed by atoms with Gasteiger partial charge in [0.2, 0.25) is 0 Å². The van der Waals surface area contributed by atoms with E-state index in [-0.39, 0.29) is 6.10 Å². The molecular formula is C23H31N3O. The summed E-state index contributed by atoms with van der Waals surface area (Å²) in [5.74, 6) is 1.32. The fraction of sp³-hybridized carbons (Fsp3) is 0.435. The van der Waals surface area contributed by atoms with Crippen LogP contribution in [0.3, 0.4) is 0 Å². The van der Waals surface area contributed by atoms with Crippen LogP contribution in [0.1, 0.15) is 34.8 Å². The van der Waals surface area contributed by atoms with Crippen molar-refractivity contribution in [2.24, 2.45) is 10.9 Å². The molecule has 0 aliphatic carbocycles. The monoisotopic (exact) mass is 365 g/mol. The number of benzene rings is 2. The molecule has 1 saturated heterocycles. The van der Waals surface area contributed by atoms with E-state index in [1.165, 1.54) is 22.3 Å². The van der Waals surface area contributed by atoms with E-state index in [1.807, 2.05) is 13.1 Å². The number of rotatable bonds is 6. The summed E-state index contributed by atoms with van der Waals surface area (Å²) in [5, 5.41) is 6.91. The first-order valence-corrected chi connectivity index (χ1v) is 9.84. The highest BCUT2D eigenvalue weighted by atomic mass is 16.5. The van der Waals surface area contributed by atoms with Crippen molar-refractivity contribution in [3.63, 3.8) is 0 Å². The van der Waals surface area contributed by atoms with Crippen molar-refractivity contribution < 1.29 is 4.74 Å². The van der Waals surface area contributed by atoms with Gasteiger partial charge in [0.05, 0.1) is 6.10 Å². The molecule has 27 heavy (non-hydrogen) atoms. The lowest BCUT2D eigenvalue weighted by Gasteiger charge is -2.21. The Morgan fingerprint density at radius 2 is 1.81 bits per heavy atom. The van der Waals surface area contributed by atoms with Crippen LogP contribution in [0, 0.1) is 19.8 Å². The van der Waals surface area contributed by atoms with Crippen LogP contribution in [0.15, 0.2) is 53.5 Å². The predicted molar refractivity (Wildman–Crippen MR) is 112 cm³/mol. The molecule has 2 atom stereocenters. The minimum absolute atomic E-state index is 0.173. The van der Waals surface area contributed by atoms with E-state index in [0.717, 1.165) is 38.5 Å². The van der Waals surface area contributed by atoms with Gasteiger partial charge in [0.25, 0.3) is 0 Å². The van der Waals surface area contributed by atoms with Crippen molar-refractivity contribution in [1.29, 1.82) is 0 Å². The van der Waals surface area contributed by atoms with Gasteiger partial charge in [-0.05, 0) is 37.8 Å². The maximum Gasteiger partial charge on any atom is 0.190 e. The Balaban J connectivity index is 1.47. The summed E-state index contributed by atoms with van der Waals surface area (Å²) < 4.78 is 5.98. The Morgan fingerprint density at radius 3 is 2.52 bits per heavy atom. The van der Waals surface area contributed by atoms with Gasteiger partial charge in [-0.3, -0.25) is 4.99 Å². The van der Waals surface area contributed by atoms with E-state index < -0.39 is 0 Å². The second-order valence-corrected chi connectivity index (χ2v) is 7.38. The molecule has 1 fully saturated rings. The number of aliphatic imine (C=N–C) groups is 1. The highest BCUT2D eigenvalue weighted by Crippen LogP contribution is 2.33. The van der Waals surface area contributed by atoms with Gasteiger partial charge in [0, 0.05) is 32.7 Å². The van der Waals surface area contributed by atoms with Crippen LogP contribution >= 0.6 is 0 Å². The Morgan fingerprint density at radius 1 is 1.07 bits per heavy atom. The van der Waals surface area contributed by atoms with Gasteiger partial charge >= 0.3 is 0 Å². The van der Waals surface area contributed by atoms with Gasteiger partial charge in [-0.1, -0.05) is 59.7 Å². The average molecular weight is 366 g/mol. The molecule has 144 valence electrons. The van der Waals surface area contributed by atoms with Crippen molar-refractivity contribution in [2.45, 2.75) is 32.8 Å². The molecule has 0 aromatic heterocycles. The molecule has 1 aliphatic heterocycles. The zero-order valence-corrected chi connectivity index (χ0v) is 16.7. The molecule has 4 heteroatoms. The Hall–Kier alpha value is -2.33. The second-order valence-electron chi connectivity index (χ2n) is 7.38. The smallest absolute Gasteiger partial charge is 0.190 e. The van der Waals surface area contributed by atoms with Crippen LogP contribution in [0.5, 0.6) is 0 Å². The molecule has 2 aromatic carbocycles. The molecule has 2 N–H and O–H groups in total. The summed E-state index contributed by atoms with van der Waals surface area (Å²) in [4.78, 5) is 4.37. The van der Waals surface area contributed by atoms with Crippen LogP contribution in [0.25, 0.3) is 0 Å². The average Bonchev–Trinajstić information content (AvgIpc) is 3.13. The van der Waals surface area contributed by atoms with Crippen LogP contribution in [0.2, 0.25) is 0 Å². The van der Waals surface area contributed by atoms with E-state index in [4.69, 9.17) is 4.74 Å². The number of hydrogen-bond donors (Lipinski definition) is 2. The molecule has 3 rings (SSSR count). The summed E-state index contributed by atoms with van der Waals surface area (Å²) in [6.07, 6.45) is 2.24. The molecule has 0 bridgehead atoms. The third kappa shape index (κ3) is 5.57. The number of nitrogens with zero attached hydrogens (tertiary/aromatic N) is 1. The zero-order valence-electron chi connectivity index (χ0n) is 16.7. The van der Waals surface area contributed by atoms with Gasteiger partial charge < -0.3 is 15.4 Å². The van der Waals surface area contributed by atoms with Crippen LogP contribution in [-0.2, 0) is 11.2 Å². The maximum atomic E-state index is 5.98. The van der Waals surface area contributed by atoms with Gasteiger partial charge in [0.1, 0.15) is 0 Å². The fourth-order valence-electron chi connectivity index (χ4n) is 3.84. The molecule has 1 heterocycles. The lowest BCUT2D eigenvalue weighted by molar-refractivity contribution is 0.0915. The molecule has 2 aromatic rings. The van der Waals surface area contributed by atoms with Gasteiger partial charge in [0.15, 0.2) is 5.96 Å². The normalized spacial score (nSPS) is 19.9. The molecular weight excluding hydrogens is 334 g/mol. The highest BCUT2D eigenvalue weighted by molar-refractivity contribution is 5.79. The van der Waals surface area contributed by atoms with E-state index >= 15 is 0 Å². The van der Waals surface area contributed by atoms with E-state index in [1.54, 1.807) is 0 Å². The van der Waals surface area contributed by atoms with Crippen LogP contribution in [-0.4, -0.2) is 32.7 Å². The number of nitrogens with one attached hydrogen (secondary N) is 2. The molecule has 2 unspecified atom stereocenters. The molecule has 0 amide bonds. The Bertz CT molecular complexity index is 737. The first kappa shape index (κ1) is 19.4. The first-order chi connectivity index (χ1) is 13.2. The van der Waals surface area contributed by atoms with E-state index in [2.05, 4.69) is 71.9 Å². The standard InChI is InChI=1S/C23H31N3O/c1-17-13-18(2)15-19(14-17)9-11-25-23(24-3)26-16-21-10-12-27-22(21)20-7-5-4-6-8-20/h4-8,13-15,21-22H,9-12,16H2,1-3H3,(H2,24,25,26). The van der Waals surface area contributed by atoms with Crippen molar-refractivity contribution in [2.75, 3.05) is 26.7 Å². The highest BCUT2D eigenvalue weighted by Gasteiger charge is 2.29. The number of guanidine groups is 1. The lowest BCUT2D eigenvalue weighted by Crippen LogP contribution is -2.41. The van der Waals surface area contributed by atoms with Gasteiger partial charge in [-0.2, -0.15) is 0 Å². The summed E-state index contributed by atoms with van der Waals surface area (Å²) in [6.45, 7) is 6.85. The number of aryl methyl sites for hydroxylation is 2. The topological polar surface area (TPSA) is 45.7 Å². The third-order valence-electron chi connectivity index (χ3n) is 5.09. The zero-order chi connectivity index (χ0) is 19.1. The number of ether oxygens (including phenoxy) is 1. The molecule has 4 nitrogen and oxygen atoms in total. The Labute approximate surface area is 163 Å². The molecule has 0 saturated carbocycles. The first-order valence-electron chi connectivity index (χ1n) is 9.84. The molecule has 0 spiro atoms. The predicted octanol–water partition coefficient (Wildman–Crippen LogP) is 3.79. The minimum Gasteiger partial charge on any atom is -0.373 e. The van der Waals surface area contributed by atoms with E-state index in [0.29, 0.717) is 5.92 Å². The molecule has 0 radical (unpaired) electrons. The maximum absolute atomic E-state index is 5.98. The van der Waals surface area contributed by atoms with Crippen molar-refractivity contribution in [3.8, 4) is 0 Å². The summed E-state index contributed by atoms with van der Waals surface area (Å²) in [6, 6.07) is 17.2.